The highest BCUT2D eigenvalue weighted by atomic mass is 35.5. The molecule has 0 aliphatic heterocycles. The molecule has 0 heterocycles. The molecule has 0 saturated carbocycles. The van der Waals surface area contributed by atoms with Gasteiger partial charge in [0.2, 0.25) is 0 Å². The van der Waals surface area contributed by atoms with E-state index < -0.39 is 21.8 Å². The van der Waals surface area contributed by atoms with E-state index in [0.717, 1.165) is 16.4 Å². The number of phenols is 1. The summed E-state index contributed by atoms with van der Waals surface area (Å²) in [6.45, 7) is 0. The first kappa shape index (κ1) is 13.0. The van der Waals surface area contributed by atoms with E-state index in [1.165, 1.54) is 14.1 Å². The lowest BCUT2D eigenvalue weighted by atomic mass is 10.3. The van der Waals surface area contributed by atoms with Gasteiger partial charge in [-0.3, -0.25) is 4.72 Å². The average Bonchev–Trinajstić information content (AvgIpc) is 2.13. The van der Waals surface area contributed by atoms with Crippen LogP contribution in [0.2, 0.25) is 5.02 Å². The van der Waals surface area contributed by atoms with Crippen LogP contribution in [0.3, 0.4) is 0 Å². The van der Waals surface area contributed by atoms with E-state index in [1.807, 2.05) is 4.72 Å². The molecule has 8 heteroatoms. The molecule has 0 unspecified atom stereocenters. The Kier molecular flexibility index (Phi) is 3.61. The molecule has 5 nitrogen and oxygen atoms in total. The number of aromatic hydroxyl groups is 1. The molecule has 90 valence electrons. The second kappa shape index (κ2) is 4.44. The molecule has 0 bridgehead atoms. The Morgan fingerprint density at radius 3 is 2.50 bits per heavy atom. The van der Waals surface area contributed by atoms with Gasteiger partial charge in [-0.1, -0.05) is 11.6 Å². The van der Waals surface area contributed by atoms with Crippen LogP contribution in [-0.4, -0.2) is 31.9 Å². The van der Waals surface area contributed by atoms with Gasteiger partial charge < -0.3 is 5.11 Å². The number of nitrogens with zero attached hydrogens (tertiary/aromatic N) is 1. The van der Waals surface area contributed by atoms with E-state index >= 15 is 0 Å². The molecular formula is C8H10ClFN2O3S. The maximum Gasteiger partial charge on any atom is 0.301 e. The van der Waals surface area contributed by atoms with Crippen molar-refractivity contribution < 1.29 is 17.9 Å². The largest absolute Gasteiger partial charge is 0.506 e. The summed E-state index contributed by atoms with van der Waals surface area (Å²) in [4.78, 5) is 0. The third kappa shape index (κ3) is 2.75. The molecule has 0 fully saturated rings. The van der Waals surface area contributed by atoms with Crippen LogP contribution in [0.25, 0.3) is 0 Å². The summed E-state index contributed by atoms with van der Waals surface area (Å²) in [6.07, 6.45) is 0. The molecule has 0 radical (unpaired) electrons. The summed E-state index contributed by atoms with van der Waals surface area (Å²) in [5.41, 5.74) is -0.323. The molecule has 0 aromatic heterocycles. The minimum atomic E-state index is -3.80. The van der Waals surface area contributed by atoms with Crippen molar-refractivity contribution >= 4 is 27.5 Å². The zero-order valence-corrected chi connectivity index (χ0v) is 10.1. The average molecular weight is 269 g/mol. The van der Waals surface area contributed by atoms with Crippen LogP contribution in [0.4, 0.5) is 10.1 Å². The second-order valence-corrected chi connectivity index (χ2v) is 5.46. The second-order valence-electron chi connectivity index (χ2n) is 3.17. The van der Waals surface area contributed by atoms with Crippen molar-refractivity contribution in [3.05, 3.63) is 23.0 Å². The Bertz CT molecular complexity index is 504. The van der Waals surface area contributed by atoms with Gasteiger partial charge in [-0.25, -0.2) is 4.39 Å². The van der Waals surface area contributed by atoms with E-state index in [4.69, 9.17) is 16.7 Å². The van der Waals surface area contributed by atoms with Crippen molar-refractivity contribution in [3.8, 4) is 5.75 Å². The molecule has 16 heavy (non-hydrogen) atoms. The zero-order valence-electron chi connectivity index (χ0n) is 8.53. The van der Waals surface area contributed by atoms with Gasteiger partial charge in [-0.15, -0.1) is 0 Å². The fourth-order valence-electron chi connectivity index (χ4n) is 0.845. The van der Waals surface area contributed by atoms with E-state index in [0.29, 0.717) is 0 Å². The lowest BCUT2D eigenvalue weighted by Gasteiger charge is -2.14. The summed E-state index contributed by atoms with van der Waals surface area (Å²) in [5.74, 6) is -1.36. The first-order valence-corrected chi connectivity index (χ1v) is 5.94. The number of halogens is 2. The number of phenolic OH excluding ortho intramolecular Hbond substituents is 1. The van der Waals surface area contributed by atoms with Crippen molar-refractivity contribution in [3.63, 3.8) is 0 Å². The van der Waals surface area contributed by atoms with Crippen LogP contribution in [0, 0.1) is 5.82 Å². The molecule has 0 atom stereocenters. The summed E-state index contributed by atoms with van der Waals surface area (Å²) < 4.78 is 38.9. The summed E-state index contributed by atoms with van der Waals surface area (Å²) in [7, 11) is -1.21. The highest BCUT2D eigenvalue weighted by Gasteiger charge is 2.17. The number of nitrogens with one attached hydrogen (secondary N) is 1. The van der Waals surface area contributed by atoms with Gasteiger partial charge >= 0.3 is 10.2 Å². The van der Waals surface area contributed by atoms with Crippen LogP contribution in [-0.2, 0) is 10.2 Å². The topological polar surface area (TPSA) is 69.6 Å². The van der Waals surface area contributed by atoms with Crippen LogP contribution in [0.15, 0.2) is 12.1 Å². The van der Waals surface area contributed by atoms with Gasteiger partial charge in [-0.2, -0.15) is 12.7 Å². The third-order valence-electron chi connectivity index (χ3n) is 1.76. The summed E-state index contributed by atoms with van der Waals surface area (Å²) >= 11 is 5.53. The number of hydrogen-bond donors (Lipinski definition) is 2. The number of anilines is 1. The molecule has 0 saturated heterocycles. The Hall–Kier alpha value is -1.05. The first-order valence-electron chi connectivity index (χ1n) is 4.12. The Morgan fingerprint density at radius 2 is 2.00 bits per heavy atom. The van der Waals surface area contributed by atoms with Crippen LogP contribution in [0.5, 0.6) is 5.75 Å². The van der Waals surface area contributed by atoms with Crippen molar-refractivity contribution in [2.24, 2.45) is 0 Å². The maximum absolute atomic E-state index is 13.3. The molecule has 1 aromatic rings. The molecule has 1 aromatic carbocycles. The lowest BCUT2D eigenvalue weighted by molar-refractivity contribution is 0.469. The molecular weight excluding hydrogens is 259 g/mol. The molecule has 0 spiro atoms. The predicted octanol–water partition coefficient (Wildman–Crippen LogP) is 1.40. The fourth-order valence-corrected chi connectivity index (χ4v) is 1.63. The van der Waals surface area contributed by atoms with Crippen LogP contribution in [0.1, 0.15) is 0 Å². The number of benzene rings is 1. The molecule has 0 amide bonds. The first-order chi connectivity index (χ1) is 7.24. The quantitative estimate of drug-likeness (QED) is 0.814. The van der Waals surface area contributed by atoms with E-state index in [9.17, 15) is 12.8 Å². The maximum atomic E-state index is 13.3. The van der Waals surface area contributed by atoms with Gasteiger partial charge in [-0.05, 0) is 6.07 Å². The highest BCUT2D eigenvalue weighted by molar-refractivity contribution is 7.90. The zero-order chi connectivity index (χ0) is 12.5. The van der Waals surface area contributed by atoms with Crippen molar-refractivity contribution in [1.29, 1.82) is 0 Å². The van der Waals surface area contributed by atoms with Crippen LogP contribution < -0.4 is 4.72 Å². The summed E-state index contributed by atoms with van der Waals surface area (Å²) in [6, 6.07) is 1.73. The summed E-state index contributed by atoms with van der Waals surface area (Å²) in [5, 5.41) is 8.93. The number of rotatable bonds is 3. The molecule has 1 rings (SSSR count). The lowest BCUT2D eigenvalue weighted by Crippen LogP contribution is -2.29. The minimum Gasteiger partial charge on any atom is -0.506 e. The fraction of sp³-hybridized carbons (Fsp3) is 0.250. The predicted molar refractivity (Wildman–Crippen MR) is 59.3 cm³/mol. The SMILES string of the molecule is CN(C)S(=O)(=O)Nc1cc(Cl)c(O)cc1F. The van der Waals surface area contributed by atoms with E-state index in [2.05, 4.69) is 0 Å². The standard InChI is InChI=1S/C8H10ClFN2O3S/c1-12(2)16(14,15)11-7-3-5(9)8(13)4-6(7)10/h3-4,11,13H,1-2H3. The molecule has 0 aliphatic carbocycles. The molecule has 2 N–H and O–H groups in total. The normalized spacial score (nSPS) is 11.8. The monoisotopic (exact) mass is 268 g/mol. The van der Waals surface area contributed by atoms with Gasteiger partial charge in [0.15, 0.2) is 5.82 Å². The number of hydrogen-bond acceptors (Lipinski definition) is 3. The molecule has 0 aliphatic rings. The smallest absolute Gasteiger partial charge is 0.301 e. The Morgan fingerprint density at radius 1 is 1.44 bits per heavy atom. The minimum absolute atomic E-state index is 0.141. The van der Waals surface area contributed by atoms with Crippen molar-refractivity contribution in [2.45, 2.75) is 0 Å². The Labute approximate surface area is 97.6 Å². The van der Waals surface area contributed by atoms with Gasteiger partial charge in [0, 0.05) is 20.2 Å². The van der Waals surface area contributed by atoms with Crippen LogP contribution >= 0.6 is 11.6 Å². The highest BCUT2D eigenvalue weighted by Crippen LogP contribution is 2.29. The Balaban J connectivity index is 3.13. The van der Waals surface area contributed by atoms with E-state index in [-0.39, 0.29) is 10.7 Å². The van der Waals surface area contributed by atoms with Gasteiger partial charge in [0.05, 0.1) is 10.7 Å². The van der Waals surface area contributed by atoms with Crippen molar-refractivity contribution in [1.82, 2.24) is 4.31 Å². The van der Waals surface area contributed by atoms with Crippen molar-refractivity contribution in [2.75, 3.05) is 18.8 Å². The third-order valence-corrected chi connectivity index (χ3v) is 3.50. The van der Waals surface area contributed by atoms with Gasteiger partial charge in [0.1, 0.15) is 5.75 Å². The van der Waals surface area contributed by atoms with E-state index in [1.54, 1.807) is 0 Å². The van der Waals surface area contributed by atoms with Gasteiger partial charge in [0.25, 0.3) is 0 Å².